The number of hydrogen-bond donors (Lipinski definition) is 0. The summed E-state index contributed by atoms with van der Waals surface area (Å²) in [5.41, 5.74) is 4.23. The molecule has 0 unspecified atom stereocenters. The lowest BCUT2D eigenvalue weighted by atomic mass is 10.0. The van der Waals surface area contributed by atoms with E-state index in [0.29, 0.717) is 30.7 Å². The van der Waals surface area contributed by atoms with Crippen molar-refractivity contribution < 1.29 is 14.3 Å². The molecule has 6 heterocycles. The Morgan fingerprint density at radius 3 is 2.31 bits per heavy atom. The molecule has 6 rings (SSSR count). The maximum atomic E-state index is 13.7. The molecule has 3 aromatic rings. The van der Waals surface area contributed by atoms with Gasteiger partial charge in [-0.3, -0.25) is 14.4 Å². The topological polar surface area (TPSA) is 93.8 Å². The first-order valence-electron chi connectivity index (χ1n) is 12.9. The largest absolute Gasteiger partial charge is 0.379 e. The van der Waals surface area contributed by atoms with E-state index in [4.69, 9.17) is 19.4 Å². The van der Waals surface area contributed by atoms with Gasteiger partial charge >= 0.3 is 0 Å². The summed E-state index contributed by atoms with van der Waals surface area (Å²) in [5.74, 6) is 0.423. The number of carbonyl (C=O) groups is 1. The van der Waals surface area contributed by atoms with Crippen molar-refractivity contribution in [2.45, 2.75) is 18.9 Å². The fraction of sp³-hybridized carbons (Fsp3) is 0.600. The van der Waals surface area contributed by atoms with Crippen molar-refractivity contribution in [2.75, 3.05) is 70.6 Å². The van der Waals surface area contributed by atoms with Crippen LogP contribution in [0.3, 0.4) is 0 Å². The van der Waals surface area contributed by atoms with Crippen molar-refractivity contribution in [3.05, 3.63) is 24.3 Å². The average Bonchev–Trinajstić information content (AvgIpc) is 3.52. The van der Waals surface area contributed by atoms with Crippen LogP contribution in [0.5, 0.6) is 0 Å². The normalized spacial score (nSPS) is 20.4. The maximum absolute atomic E-state index is 13.7. The smallest absolute Gasteiger partial charge is 0.289 e. The van der Waals surface area contributed by atoms with Gasteiger partial charge in [0.2, 0.25) is 5.82 Å². The number of ether oxygens (including phenoxy) is 2. The van der Waals surface area contributed by atoms with Gasteiger partial charge in [0.1, 0.15) is 5.52 Å². The van der Waals surface area contributed by atoms with Crippen LogP contribution >= 0.6 is 0 Å². The number of hydrogen-bond acceptors (Lipinski definition) is 8. The first-order chi connectivity index (χ1) is 17.6. The number of pyridine rings is 1. The molecule has 0 aliphatic carbocycles. The van der Waals surface area contributed by atoms with Gasteiger partial charge in [0.25, 0.3) is 5.91 Å². The molecule has 3 fully saturated rings. The molecule has 3 aliphatic heterocycles. The number of anilines is 1. The third-order valence-electron chi connectivity index (χ3n) is 7.66. The van der Waals surface area contributed by atoms with Gasteiger partial charge in [0.05, 0.1) is 44.0 Å². The molecule has 0 saturated carbocycles. The van der Waals surface area contributed by atoms with Gasteiger partial charge in [-0.15, -0.1) is 0 Å². The van der Waals surface area contributed by atoms with Crippen LogP contribution in [0.25, 0.3) is 22.4 Å². The second-order valence-corrected chi connectivity index (χ2v) is 9.87. The van der Waals surface area contributed by atoms with Gasteiger partial charge in [-0.2, -0.15) is 5.10 Å². The summed E-state index contributed by atoms with van der Waals surface area (Å²) >= 11 is 0. The Morgan fingerprint density at radius 1 is 0.944 bits per heavy atom. The molecule has 11 nitrogen and oxygen atoms in total. The first-order valence-corrected chi connectivity index (χ1v) is 12.9. The van der Waals surface area contributed by atoms with Crippen LogP contribution in [-0.2, 0) is 23.6 Å². The highest BCUT2D eigenvalue weighted by Crippen LogP contribution is 2.32. The standard InChI is InChI=1S/C25H34N8O3/c1-29-17-18(16-26-29)20-15-21(32-9-13-36-14-10-32)22-23(27-20)30(2)24(28-22)25(34)33-5-3-19(4-6-33)31-7-11-35-12-8-31/h15-17,19H,3-14H2,1-2H3. The lowest BCUT2D eigenvalue weighted by Gasteiger charge is -2.39. The molecule has 36 heavy (non-hydrogen) atoms. The number of morpholine rings is 2. The van der Waals surface area contributed by atoms with E-state index in [-0.39, 0.29) is 5.91 Å². The van der Waals surface area contributed by atoms with E-state index in [9.17, 15) is 4.79 Å². The molecule has 0 spiro atoms. The first kappa shape index (κ1) is 23.4. The quantitative estimate of drug-likeness (QED) is 0.533. The van der Waals surface area contributed by atoms with Gasteiger partial charge in [-0.1, -0.05) is 0 Å². The van der Waals surface area contributed by atoms with Crippen molar-refractivity contribution in [1.29, 1.82) is 0 Å². The number of fused-ring (bicyclic) bond motifs is 1. The molecule has 0 bridgehead atoms. The van der Waals surface area contributed by atoms with Crippen molar-refractivity contribution >= 4 is 22.8 Å². The summed E-state index contributed by atoms with van der Waals surface area (Å²) in [6.07, 6.45) is 5.74. The molecular formula is C25H34N8O3. The Hall–Kier alpha value is -3.02. The number of aryl methyl sites for hydroxylation is 2. The van der Waals surface area contributed by atoms with Gasteiger partial charge in [-0.25, -0.2) is 9.97 Å². The van der Waals surface area contributed by atoms with Crippen molar-refractivity contribution in [3.8, 4) is 11.3 Å². The minimum absolute atomic E-state index is 0.0215. The molecule has 3 aliphatic rings. The molecule has 192 valence electrons. The number of aromatic nitrogens is 5. The average molecular weight is 495 g/mol. The monoisotopic (exact) mass is 494 g/mol. The Labute approximate surface area is 210 Å². The van der Waals surface area contributed by atoms with Crippen molar-refractivity contribution in [2.24, 2.45) is 14.1 Å². The highest BCUT2D eigenvalue weighted by Gasteiger charge is 2.31. The second kappa shape index (κ2) is 9.79. The van der Waals surface area contributed by atoms with Crippen molar-refractivity contribution in [3.63, 3.8) is 0 Å². The lowest BCUT2D eigenvalue weighted by molar-refractivity contribution is 0.00143. The zero-order chi connectivity index (χ0) is 24.6. The summed E-state index contributed by atoms with van der Waals surface area (Å²) in [7, 11) is 3.79. The predicted octanol–water partition coefficient (Wildman–Crippen LogP) is 1.14. The highest BCUT2D eigenvalue weighted by atomic mass is 16.5. The van der Waals surface area contributed by atoms with Crippen molar-refractivity contribution in [1.82, 2.24) is 34.1 Å². The number of rotatable bonds is 4. The highest BCUT2D eigenvalue weighted by molar-refractivity contribution is 5.98. The van der Waals surface area contributed by atoms with Gasteiger partial charge in [0, 0.05) is 71.2 Å². The summed E-state index contributed by atoms with van der Waals surface area (Å²) < 4.78 is 14.7. The molecule has 3 aromatic heterocycles. The van der Waals surface area contributed by atoms with Gasteiger partial charge in [0.15, 0.2) is 5.65 Å². The van der Waals surface area contributed by atoms with Crippen LogP contribution in [0.4, 0.5) is 5.69 Å². The van der Waals surface area contributed by atoms with E-state index >= 15 is 0 Å². The van der Waals surface area contributed by atoms with E-state index in [1.54, 1.807) is 4.68 Å². The summed E-state index contributed by atoms with van der Waals surface area (Å²) in [6.45, 7) is 7.96. The van der Waals surface area contributed by atoms with Crippen LogP contribution < -0.4 is 4.90 Å². The number of likely N-dealkylation sites (tertiary alicyclic amines) is 1. The zero-order valence-corrected chi connectivity index (χ0v) is 21.1. The SMILES string of the molecule is Cn1cc(-c2cc(N3CCOCC3)c3nc(C(=O)N4CCC(N5CCOCC5)CC4)n(C)c3n2)cn1. The van der Waals surface area contributed by atoms with Gasteiger partial charge in [-0.05, 0) is 18.9 Å². The maximum Gasteiger partial charge on any atom is 0.289 e. The Balaban J connectivity index is 1.30. The van der Waals surface area contributed by atoms with Crippen LogP contribution in [0.15, 0.2) is 18.5 Å². The van der Waals surface area contributed by atoms with Crippen LogP contribution in [0.1, 0.15) is 23.5 Å². The molecule has 0 radical (unpaired) electrons. The minimum Gasteiger partial charge on any atom is -0.379 e. The number of nitrogens with zero attached hydrogens (tertiary/aromatic N) is 8. The second-order valence-electron chi connectivity index (χ2n) is 9.87. The fourth-order valence-electron chi connectivity index (χ4n) is 5.59. The fourth-order valence-corrected chi connectivity index (χ4v) is 5.59. The van der Waals surface area contributed by atoms with Gasteiger partial charge < -0.3 is 23.8 Å². The molecule has 0 aromatic carbocycles. The summed E-state index contributed by atoms with van der Waals surface area (Å²) in [6, 6.07) is 2.59. The number of piperidine rings is 1. The van der Waals surface area contributed by atoms with Crippen LogP contribution in [0, 0.1) is 0 Å². The van der Waals surface area contributed by atoms with Crippen LogP contribution in [0.2, 0.25) is 0 Å². The molecule has 1 amide bonds. The number of imidazole rings is 1. The Morgan fingerprint density at radius 2 is 1.64 bits per heavy atom. The molecule has 0 atom stereocenters. The zero-order valence-electron chi connectivity index (χ0n) is 21.1. The minimum atomic E-state index is -0.0215. The molecule has 0 N–H and O–H groups in total. The molecule has 3 saturated heterocycles. The van der Waals surface area contributed by atoms with E-state index in [1.165, 1.54) is 0 Å². The van der Waals surface area contributed by atoms with E-state index in [2.05, 4.69) is 21.0 Å². The molecular weight excluding hydrogens is 460 g/mol. The van der Waals surface area contributed by atoms with E-state index in [1.807, 2.05) is 36.0 Å². The summed E-state index contributed by atoms with van der Waals surface area (Å²) in [5, 5.41) is 4.32. The van der Waals surface area contributed by atoms with E-state index < -0.39 is 0 Å². The number of carbonyl (C=O) groups excluding carboxylic acids is 1. The third-order valence-corrected chi connectivity index (χ3v) is 7.66. The third kappa shape index (κ3) is 4.35. The lowest BCUT2D eigenvalue weighted by Crippen LogP contribution is -2.50. The predicted molar refractivity (Wildman–Crippen MR) is 135 cm³/mol. The van der Waals surface area contributed by atoms with E-state index in [0.717, 1.165) is 87.8 Å². The van der Waals surface area contributed by atoms with Crippen LogP contribution in [-0.4, -0.2) is 112 Å². The number of amides is 1. The Kier molecular flexibility index (Phi) is 6.36. The summed E-state index contributed by atoms with van der Waals surface area (Å²) in [4.78, 5) is 30.2. The molecule has 11 heteroatoms. The Bertz CT molecular complexity index is 1230.